The smallest absolute Gasteiger partial charge is 0.310 e. The molecule has 1 heterocycles. The van der Waals surface area contributed by atoms with Crippen LogP contribution in [0.25, 0.3) is 0 Å². The maximum atomic E-state index is 11.2. The first-order valence-corrected chi connectivity index (χ1v) is 4.75. The van der Waals surface area contributed by atoms with Gasteiger partial charge in [0.25, 0.3) is 0 Å². The lowest BCUT2D eigenvalue weighted by molar-refractivity contribution is -0.142. The second-order valence-electron chi connectivity index (χ2n) is 2.75. The van der Waals surface area contributed by atoms with E-state index in [2.05, 4.69) is 4.98 Å². The monoisotopic (exact) mass is 224 g/mol. The Morgan fingerprint density at radius 2 is 2.40 bits per heavy atom. The average molecular weight is 225 g/mol. The van der Waals surface area contributed by atoms with E-state index in [4.69, 9.17) is 21.6 Å². The Balaban J connectivity index is 2.91. The molecular weight excluding hydrogens is 216 g/mol. The van der Waals surface area contributed by atoms with Crippen LogP contribution in [0.2, 0.25) is 5.02 Å². The molecule has 0 N–H and O–H groups in total. The van der Waals surface area contributed by atoms with E-state index in [0.717, 1.165) is 0 Å². The van der Waals surface area contributed by atoms with Crippen LogP contribution in [-0.2, 0) is 16.0 Å². The first kappa shape index (κ1) is 11.5. The van der Waals surface area contributed by atoms with Gasteiger partial charge in [0.05, 0.1) is 23.6 Å². The Hall–Kier alpha value is -1.60. The van der Waals surface area contributed by atoms with Crippen molar-refractivity contribution >= 4 is 17.6 Å². The number of pyridine rings is 1. The van der Waals surface area contributed by atoms with Crippen LogP contribution < -0.4 is 0 Å². The first-order valence-electron chi connectivity index (χ1n) is 4.37. The van der Waals surface area contributed by atoms with Gasteiger partial charge >= 0.3 is 5.97 Å². The number of hydrogen-bond donors (Lipinski definition) is 0. The third kappa shape index (κ3) is 2.93. The molecule has 5 heteroatoms. The number of nitriles is 1. The van der Waals surface area contributed by atoms with Crippen LogP contribution in [0.15, 0.2) is 12.4 Å². The van der Waals surface area contributed by atoms with E-state index >= 15 is 0 Å². The Labute approximate surface area is 92.4 Å². The van der Waals surface area contributed by atoms with Gasteiger partial charge in [-0.2, -0.15) is 5.26 Å². The zero-order valence-electron chi connectivity index (χ0n) is 8.16. The number of carbonyl (C=O) groups excluding carboxylic acids is 1. The molecule has 0 spiro atoms. The minimum Gasteiger partial charge on any atom is -0.466 e. The van der Waals surface area contributed by atoms with Crippen LogP contribution in [-0.4, -0.2) is 17.6 Å². The van der Waals surface area contributed by atoms with Crippen LogP contribution in [0.3, 0.4) is 0 Å². The Kier molecular flexibility index (Phi) is 4.07. The third-order valence-corrected chi connectivity index (χ3v) is 2.02. The molecule has 0 bridgehead atoms. The molecule has 15 heavy (non-hydrogen) atoms. The zero-order chi connectivity index (χ0) is 11.3. The van der Waals surface area contributed by atoms with E-state index in [1.807, 2.05) is 6.07 Å². The van der Waals surface area contributed by atoms with Gasteiger partial charge in [-0.05, 0) is 6.92 Å². The minimum absolute atomic E-state index is 0.0181. The van der Waals surface area contributed by atoms with Gasteiger partial charge in [-0.25, -0.2) is 0 Å². The summed E-state index contributed by atoms with van der Waals surface area (Å²) in [5.74, 6) is -0.391. The van der Waals surface area contributed by atoms with Crippen LogP contribution >= 0.6 is 11.6 Å². The molecule has 78 valence electrons. The van der Waals surface area contributed by atoms with E-state index < -0.39 is 5.97 Å². The number of aromatic nitrogens is 1. The summed E-state index contributed by atoms with van der Waals surface area (Å²) in [6.45, 7) is 2.04. The summed E-state index contributed by atoms with van der Waals surface area (Å²) in [4.78, 5) is 15.0. The number of halogens is 1. The van der Waals surface area contributed by atoms with Crippen molar-refractivity contribution in [3.63, 3.8) is 0 Å². The van der Waals surface area contributed by atoms with Crippen molar-refractivity contribution < 1.29 is 9.53 Å². The fourth-order valence-electron chi connectivity index (χ4n) is 1.10. The Morgan fingerprint density at radius 1 is 1.67 bits per heavy atom. The third-order valence-electron chi connectivity index (χ3n) is 1.73. The SMILES string of the molecule is CCOC(=O)Cc1cncc(Cl)c1C#N. The molecule has 0 unspecified atom stereocenters. The zero-order valence-corrected chi connectivity index (χ0v) is 8.91. The van der Waals surface area contributed by atoms with E-state index in [1.54, 1.807) is 6.92 Å². The van der Waals surface area contributed by atoms with Crippen molar-refractivity contribution in [2.45, 2.75) is 13.3 Å². The highest BCUT2D eigenvalue weighted by atomic mass is 35.5. The molecule has 0 amide bonds. The molecule has 0 aliphatic rings. The normalized spacial score (nSPS) is 9.40. The quantitative estimate of drug-likeness (QED) is 0.734. The fraction of sp³-hybridized carbons (Fsp3) is 0.300. The molecule has 4 nitrogen and oxygen atoms in total. The number of carbonyl (C=O) groups is 1. The molecule has 1 aromatic heterocycles. The van der Waals surface area contributed by atoms with Crippen molar-refractivity contribution in [2.75, 3.05) is 6.61 Å². The van der Waals surface area contributed by atoms with E-state index in [9.17, 15) is 4.79 Å². The van der Waals surface area contributed by atoms with E-state index in [0.29, 0.717) is 12.2 Å². The summed E-state index contributed by atoms with van der Waals surface area (Å²) in [5.41, 5.74) is 0.767. The molecule has 0 aliphatic carbocycles. The minimum atomic E-state index is -0.391. The van der Waals surface area contributed by atoms with Crippen molar-refractivity contribution in [3.05, 3.63) is 28.5 Å². The van der Waals surface area contributed by atoms with Crippen LogP contribution in [0.1, 0.15) is 18.1 Å². The van der Waals surface area contributed by atoms with Gasteiger partial charge in [-0.15, -0.1) is 0 Å². The number of ether oxygens (including phenoxy) is 1. The summed E-state index contributed by atoms with van der Waals surface area (Å²) >= 11 is 5.75. The van der Waals surface area contributed by atoms with Crippen molar-refractivity contribution in [1.29, 1.82) is 5.26 Å². The Bertz CT molecular complexity index is 412. The first-order chi connectivity index (χ1) is 7.19. The van der Waals surface area contributed by atoms with Gasteiger partial charge in [0, 0.05) is 18.0 Å². The lowest BCUT2D eigenvalue weighted by Crippen LogP contribution is -2.09. The summed E-state index contributed by atoms with van der Waals surface area (Å²) in [6, 6.07) is 1.93. The second kappa shape index (κ2) is 5.32. The molecule has 1 rings (SSSR count). The molecule has 0 radical (unpaired) electrons. The van der Waals surface area contributed by atoms with Crippen LogP contribution in [0, 0.1) is 11.3 Å². The lowest BCUT2D eigenvalue weighted by Gasteiger charge is -2.04. The average Bonchev–Trinajstić information content (AvgIpc) is 2.18. The molecule has 0 aromatic carbocycles. The van der Waals surface area contributed by atoms with Gasteiger partial charge in [0.1, 0.15) is 6.07 Å². The lowest BCUT2D eigenvalue weighted by atomic mass is 10.1. The largest absolute Gasteiger partial charge is 0.466 e. The van der Waals surface area contributed by atoms with Crippen molar-refractivity contribution in [2.24, 2.45) is 0 Å². The van der Waals surface area contributed by atoms with Gasteiger partial charge in [-0.1, -0.05) is 11.6 Å². The maximum Gasteiger partial charge on any atom is 0.310 e. The van der Waals surface area contributed by atoms with Crippen LogP contribution in [0.4, 0.5) is 0 Å². The molecule has 1 aromatic rings. The number of nitrogens with zero attached hydrogens (tertiary/aromatic N) is 2. The number of esters is 1. The Morgan fingerprint density at radius 3 is 3.00 bits per heavy atom. The summed E-state index contributed by atoms with van der Waals surface area (Å²) in [6.07, 6.45) is 2.83. The van der Waals surface area contributed by atoms with Crippen molar-refractivity contribution in [3.8, 4) is 6.07 Å². The predicted molar refractivity (Wildman–Crippen MR) is 54.3 cm³/mol. The van der Waals surface area contributed by atoms with E-state index in [-0.39, 0.29) is 17.0 Å². The molecule has 0 aliphatic heterocycles. The van der Waals surface area contributed by atoms with Crippen molar-refractivity contribution in [1.82, 2.24) is 4.98 Å². The van der Waals surface area contributed by atoms with Gasteiger partial charge in [0.2, 0.25) is 0 Å². The standard InChI is InChI=1S/C10H9ClN2O2/c1-2-15-10(14)3-7-5-13-6-9(11)8(7)4-12/h5-6H,2-3H2,1H3. The fourth-order valence-corrected chi connectivity index (χ4v) is 1.32. The van der Waals surface area contributed by atoms with E-state index in [1.165, 1.54) is 12.4 Å². The van der Waals surface area contributed by atoms with Gasteiger partial charge in [0.15, 0.2) is 0 Å². The summed E-state index contributed by atoms with van der Waals surface area (Å²) in [5, 5.41) is 9.08. The topological polar surface area (TPSA) is 63.0 Å². The van der Waals surface area contributed by atoms with Crippen LogP contribution in [0.5, 0.6) is 0 Å². The highest BCUT2D eigenvalue weighted by molar-refractivity contribution is 6.31. The highest BCUT2D eigenvalue weighted by Crippen LogP contribution is 2.17. The summed E-state index contributed by atoms with van der Waals surface area (Å²) in [7, 11) is 0. The molecule has 0 saturated heterocycles. The summed E-state index contributed by atoms with van der Waals surface area (Å²) < 4.78 is 4.77. The highest BCUT2D eigenvalue weighted by Gasteiger charge is 2.11. The molecule has 0 saturated carbocycles. The van der Waals surface area contributed by atoms with Gasteiger partial charge < -0.3 is 4.74 Å². The second-order valence-corrected chi connectivity index (χ2v) is 3.16. The number of hydrogen-bond acceptors (Lipinski definition) is 4. The molecule has 0 atom stereocenters. The maximum absolute atomic E-state index is 11.2. The molecular formula is C10H9ClN2O2. The predicted octanol–water partition coefficient (Wildman–Crippen LogP) is 1.71. The number of rotatable bonds is 3. The molecule has 0 fully saturated rings. The van der Waals surface area contributed by atoms with Gasteiger partial charge in [-0.3, -0.25) is 9.78 Å².